The molecule has 0 unspecified atom stereocenters. The molecule has 0 aromatic heterocycles. The fraction of sp³-hybridized carbons (Fsp3) is 1.00. The third-order valence-electron chi connectivity index (χ3n) is 1.48. The highest BCUT2D eigenvalue weighted by molar-refractivity contribution is 6.71. The van der Waals surface area contributed by atoms with Crippen molar-refractivity contribution in [2.24, 2.45) is 5.73 Å². The molecule has 0 aliphatic rings. The molecule has 0 amide bonds. The van der Waals surface area contributed by atoms with E-state index in [0.29, 0.717) is 0 Å². The number of unbranched alkanes of at least 4 members (excludes halogenated alkanes) is 1. The lowest BCUT2D eigenvalue weighted by Gasteiger charge is -2.20. The Hall–Kier alpha value is 0.137. The van der Waals surface area contributed by atoms with E-state index in [1.165, 1.54) is 6.42 Å². The van der Waals surface area contributed by atoms with Gasteiger partial charge in [0.05, 0.1) is 0 Å². The van der Waals surface area contributed by atoms with Gasteiger partial charge in [-0.25, -0.2) is 0 Å². The van der Waals surface area contributed by atoms with Gasteiger partial charge in [-0.15, -0.1) is 0 Å². The van der Waals surface area contributed by atoms with Gasteiger partial charge in [0.25, 0.3) is 0 Å². The number of nitrogens with two attached hydrogens (primary N) is 1. The van der Waals surface area contributed by atoms with Gasteiger partial charge in [0.1, 0.15) is 0 Å². The fourth-order valence-corrected chi connectivity index (χ4v) is 1.37. The van der Waals surface area contributed by atoms with Crippen molar-refractivity contribution < 1.29 is 4.43 Å². The maximum absolute atomic E-state index is 5.63. The molecular weight excluding hydrogens is 142 g/mol. The summed E-state index contributed by atoms with van der Waals surface area (Å²) in [6, 6.07) is 0. The average Bonchev–Trinajstić information content (AvgIpc) is 1.89. The zero-order valence-electron chi connectivity index (χ0n) is 7.31. The van der Waals surface area contributed by atoms with Crippen LogP contribution in [0.5, 0.6) is 0 Å². The molecule has 0 rings (SSSR count). The van der Waals surface area contributed by atoms with Gasteiger partial charge in [-0.05, 0) is 19.5 Å². The largest absolute Gasteiger partial charge is 0.416 e. The zero-order valence-corrected chi connectivity index (χ0v) is 8.31. The van der Waals surface area contributed by atoms with Crippen LogP contribution in [-0.2, 0) is 4.43 Å². The molecule has 0 heterocycles. The lowest BCUT2D eigenvalue weighted by molar-refractivity contribution is 0.299. The summed E-state index contributed by atoms with van der Waals surface area (Å²) in [6.45, 7) is 7.37. The van der Waals surface area contributed by atoms with Gasteiger partial charge in [-0.1, -0.05) is 13.3 Å². The molecule has 0 aromatic rings. The van der Waals surface area contributed by atoms with Crippen LogP contribution in [0.25, 0.3) is 0 Å². The van der Waals surface area contributed by atoms with Crippen molar-refractivity contribution in [1.29, 1.82) is 0 Å². The van der Waals surface area contributed by atoms with E-state index in [1.807, 2.05) is 0 Å². The van der Waals surface area contributed by atoms with Gasteiger partial charge in [0.2, 0.25) is 0 Å². The molecular formula is C7H19NOSi. The summed E-state index contributed by atoms with van der Waals surface area (Å²) in [5.74, 6) is 0. The normalized spacial score (nSPS) is 12.0. The van der Waals surface area contributed by atoms with Gasteiger partial charge >= 0.3 is 0 Å². The van der Waals surface area contributed by atoms with Crippen LogP contribution in [0.15, 0.2) is 0 Å². The van der Waals surface area contributed by atoms with Crippen molar-refractivity contribution in [2.75, 3.05) is 12.8 Å². The lowest BCUT2D eigenvalue weighted by Crippen LogP contribution is -2.40. The SMILES string of the molecule is CCCCO[Si](C)(C)CN. The maximum atomic E-state index is 5.63. The standard InChI is InChI=1S/C7H19NOSi/c1-4-5-6-9-10(2,3)7-8/h4-8H2,1-3H3. The third kappa shape index (κ3) is 4.96. The van der Waals surface area contributed by atoms with Gasteiger partial charge < -0.3 is 10.2 Å². The molecule has 0 atom stereocenters. The molecule has 10 heavy (non-hydrogen) atoms. The average molecular weight is 161 g/mol. The minimum atomic E-state index is -1.44. The smallest absolute Gasteiger partial charge is 0.199 e. The Balaban J connectivity index is 3.28. The Bertz CT molecular complexity index is 85.7. The molecule has 0 aliphatic carbocycles. The van der Waals surface area contributed by atoms with Crippen LogP contribution in [-0.4, -0.2) is 21.1 Å². The molecule has 62 valence electrons. The summed E-state index contributed by atoms with van der Waals surface area (Å²) in [6.07, 6.45) is 3.10. The number of hydrogen-bond donors (Lipinski definition) is 1. The molecule has 0 saturated carbocycles. The second-order valence-electron chi connectivity index (χ2n) is 3.17. The Morgan fingerprint density at radius 2 is 2.00 bits per heavy atom. The van der Waals surface area contributed by atoms with Crippen LogP contribution in [0.3, 0.4) is 0 Å². The van der Waals surface area contributed by atoms with Crippen LogP contribution in [0.2, 0.25) is 13.1 Å². The number of rotatable bonds is 5. The molecule has 0 aliphatic heterocycles. The monoisotopic (exact) mass is 161 g/mol. The van der Waals surface area contributed by atoms with Crippen LogP contribution in [0.1, 0.15) is 19.8 Å². The molecule has 0 bridgehead atoms. The minimum Gasteiger partial charge on any atom is -0.416 e. The molecule has 0 spiro atoms. The van der Waals surface area contributed by atoms with Crippen molar-refractivity contribution in [3.05, 3.63) is 0 Å². The Kier molecular flexibility index (Phi) is 4.94. The summed E-state index contributed by atoms with van der Waals surface area (Å²) in [5.41, 5.74) is 5.53. The first-order valence-corrected chi connectivity index (χ1v) is 7.08. The first kappa shape index (κ1) is 10.1. The van der Waals surface area contributed by atoms with Gasteiger partial charge in [-0.3, -0.25) is 0 Å². The highest BCUT2D eigenvalue weighted by Crippen LogP contribution is 2.02. The first-order valence-electron chi connectivity index (χ1n) is 3.96. The van der Waals surface area contributed by atoms with E-state index in [4.69, 9.17) is 10.2 Å². The van der Waals surface area contributed by atoms with Crippen molar-refractivity contribution >= 4 is 8.32 Å². The van der Waals surface area contributed by atoms with Crippen LogP contribution in [0, 0.1) is 0 Å². The van der Waals surface area contributed by atoms with Crippen molar-refractivity contribution in [1.82, 2.24) is 0 Å². The van der Waals surface area contributed by atoms with E-state index in [-0.39, 0.29) is 0 Å². The minimum absolute atomic E-state index is 0.733. The zero-order chi connectivity index (χ0) is 8.04. The second-order valence-corrected chi connectivity index (χ2v) is 7.38. The second kappa shape index (κ2) is 4.88. The Morgan fingerprint density at radius 1 is 1.40 bits per heavy atom. The highest BCUT2D eigenvalue weighted by atomic mass is 28.4. The van der Waals surface area contributed by atoms with E-state index in [2.05, 4.69) is 20.0 Å². The summed E-state index contributed by atoms with van der Waals surface area (Å²) >= 11 is 0. The molecule has 3 heteroatoms. The first-order chi connectivity index (χ1) is 4.62. The Labute approximate surface area is 64.9 Å². The van der Waals surface area contributed by atoms with Crippen LogP contribution in [0.4, 0.5) is 0 Å². The Morgan fingerprint density at radius 3 is 2.40 bits per heavy atom. The maximum Gasteiger partial charge on any atom is 0.199 e. The molecule has 2 nitrogen and oxygen atoms in total. The summed E-state index contributed by atoms with van der Waals surface area (Å²) in [7, 11) is -1.44. The van der Waals surface area contributed by atoms with Crippen LogP contribution >= 0.6 is 0 Å². The molecule has 0 saturated heterocycles. The van der Waals surface area contributed by atoms with Crippen molar-refractivity contribution in [3.63, 3.8) is 0 Å². The summed E-state index contributed by atoms with van der Waals surface area (Å²) < 4.78 is 5.63. The number of hydrogen-bond acceptors (Lipinski definition) is 2. The molecule has 0 radical (unpaired) electrons. The summed E-state index contributed by atoms with van der Waals surface area (Å²) in [5, 5.41) is 0. The lowest BCUT2D eigenvalue weighted by atomic mass is 10.4. The predicted octanol–water partition coefficient (Wildman–Crippen LogP) is 1.51. The predicted molar refractivity (Wildman–Crippen MR) is 47.4 cm³/mol. The third-order valence-corrected chi connectivity index (χ3v) is 3.45. The van der Waals surface area contributed by atoms with Crippen molar-refractivity contribution in [2.45, 2.75) is 32.9 Å². The highest BCUT2D eigenvalue weighted by Gasteiger charge is 2.18. The molecule has 0 fully saturated rings. The van der Waals surface area contributed by atoms with E-state index < -0.39 is 8.32 Å². The molecule has 0 aromatic carbocycles. The topological polar surface area (TPSA) is 35.2 Å². The van der Waals surface area contributed by atoms with Gasteiger partial charge in [-0.2, -0.15) is 0 Å². The van der Waals surface area contributed by atoms with E-state index in [9.17, 15) is 0 Å². The van der Waals surface area contributed by atoms with Gasteiger partial charge in [0.15, 0.2) is 8.32 Å². The van der Waals surface area contributed by atoms with E-state index in [1.54, 1.807) is 0 Å². The fourth-order valence-electron chi connectivity index (χ4n) is 0.552. The quantitative estimate of drug-likeness (QED) is 0.490. The van der Waals surface area contributed by atoms with Gasteiger partial charge in [0, 0.05) is 12.8 Å². The molecule has 2 N–H and O–H groups in total. The van der Waals surface area contributed by atoms with Crippen LogP contribution < -0.4 is 5.73 Å². The van der Waals surface area contributed by atoms with E-state index >= 15 is 0 Å². The summed E-state index contributed by atoms with van der Waals surface area (Å²) in [4.78, 5) is 0. The van der Waals surface area contributed by atoms with Crippen molar-refractivity contribution in [3.8, 4) is 0 Å². The van der Waals surface area contributed by atoms with E-state index in [0.717, 1.165) is 19.2 Å².